The zero-order chi connectivity index (χ0) is 16.2. The lowest BCUT2D eigenvalue weighted by atomic mass is 10.2. The van der Waals surface area contributed by atoms with Crippen LogP contribution in [0.15, 0.2) is 18.2 Å². The van der Waals surface area contributed by atoms with Crippen molar-refractivity contribution >= 4 is 23.8 Å². The minimum Gasteiger partial charge on any atom is -0.465 e. The maximum atomic E-state index is 12.3. The molecule has 0 aromatic heterocycles. The van der Waals surface area contributed by atoms with Gasteiger partial charge in [0.15, 0.2) is 11.5 Å². The molecule has 1 aromatic rings. The van der Waals surface area contributed by atoms with Gasteiger partial charge in [-0.1, -0.05) is 6.07 Å². The third-order valence-electron chi connectivity index (χ3n) is 3.52. The van der Waals surface area contributed by atoms with Gasteiger partial charge < -0.3 is 24.4 Å². The highest BCUT2D eigenvalue weighted by Crippen LogP contribution is 2.42. The molecule has 8 heteroatoms. The minimum absolute atomic E-state index is 0.105. The molecular formula is C15H18N2O5S. The number of hydrogen-bond donors (Lipinski definition) is 1. The number of ether oxygens (including phenoxy) is 3. The number of carbonyl (C=O) groups excluding carboxylic acids is 2. The first-order chi connectivity index (χ1) is 11.2. The van der Waals surface area contributed by atoms with Crippen molar-refractivity contribution in [3.05, 3.63) is 23.8 Å². The van der Waals surface area contributed by atoms with Crippen LogP contribution in [0.25, 0.3) is 0 Å². The second-order valence-corrected chi connectivity index (χ2v) is 6.18. The molecule has 3 rings (SSSR count). The molecule has 0 bridgehead atoms. The van der Waals surface area contributed by atoms with Gasteiger partial charge in [-0.05, 0) is 24.6 Å². The van der Waals surface area contributed by atoms with Crippen LogP contribution in [0.1, 0.15) is 17.9 Å². The van der Waals surface area contributed by atoms with Crippen LogP contribution in [0.5, 0.6) is 11.5 Å². The molecular weight excluding hydrogens is 320 g/mol. The highest BCUT2D eigenvalue weighted by molar-refractivity contribution is 7.99. The third-order valence-corrected chi connectivity index (χ3v) is 4.78. The topological polar surface area (TPSA) is 77.1 Å². The van der Waals surface area contributed by atoms with Gasteiger partial charge in [-0.25, -0.2) is 4.79 Å². The van der Waals surface area contributed by atoms with E-state index >= 15 is 0 Å². The number of esters is 1. The smallest absolute Gasteiger partial charge is 0.325 e. The lowest BCUT2D eigenvalue weighted by molar-refractivity contribution is -0.141. The molecule has 1 N–H and O–H groups in total. The summed E-state index contributed by atoms with van der Waals surface area (Å²) in [4.78, 5) is 25.4. The molecule has 1 unspecified atom stereocenters. The van der Waals surface area contributed by atoms with E-state index < -0.39 is 5.97 Å². The van der Waals surface area contributed by atoms with Crippen molar-refractivity contribution in [2.24, 2.45) is 0 Å². The first kappa shape index (κ1) is 15.8. The van der Waals surface area contributed by atoms with Crippen molar-refractivity contribution in [1.29, 1.82) is 0 Å². The number of benzene rings is 1. The molecule has 0 aliphatic carbocycles. The number of amides is 2. The first-order valence-corrected chi connectivity index (χ1v) is 8.45. The molecule has 7 nitrogen and oxygen atoms in total. The predicted octanol–water partition coefficient (Wildman–Crippen LogP) is 1.74. The maximum absolute atomic E-state index is 12.3. The molecule has 124 valence electrons. The summed E-state index contributed by atoms with van der Waals surface area (Å²) < 4.78 is 15.5. The molecule has 2 amide bonds. The standard InChI is InChI=1S/C15H18N2O5S/c1-2-20-13(18)8-16-15(19)17-5-6-23-14(17)10-3-4-11-12(7-10)22-9-21-11/h3-4,7,14H,2,5-6,8-9H2,1H3,(H,16,19). The van der Waals surface area contributed by atoms with Gasteiger partial charge >= 0.3 is 12.0 Å². The quantitative estimate of drug-likeness (QED) is 0.843. The Hall–Kier alpha value is -2.09. The zero-order valence-electron chi connectivity index (χ0n) is 12.7. The molecule has 23 heavy (non-hydrogen) atoms. The van der Waals surface area contributed by atoms with Gasteiger partial charge in [0.25, 0.3) is 0 Å². The molecule has 0 saturated carbocycles. The lowest BCUT2D eigenvalue weighted by Gasteiger charge is -2.24. The number of nitrogens with zero attached hydrogens (tertiary/aromatic N) is 1. The Morgan fingerprint density at radius 2 is 2.22 bits per heavy atom. The fraction of sp³-hybridized carbons (Fsp3) is 0.467. The fourth-order valence-electron chi connectivity index (χ4n) is 2.48. The highest BCUT2D eigenvalue weighted by atomic mass is 32.2. The van der Waals surface area contributed by atoms with Crippen molar-refractivity contribution in [2.75, 3.05) is 32.2 Å². The van der Waals surface area contributed by atoms with Gasteiger partial charge in [-0.2, -0.15) is 0 Å². The Balaban J connectivity index is 1.65. The molecule has 1 atom stereocenters. The van der Waals surface area contributed by atoms with E-state index in [2.05, 4.69) is 5.32 Å². The third kappa shape index (κ3) is 3.47. The summed E-state index contributed by atoms with van der Waals surface area (Å²) in [6.45, 7) is 2.75. The van der Waals surface area contributed by atoms with Crippen molar-refractivity contribution in [1.82, 2.24) is 10.2 Å². The molecule has 2 heterocycles. The summed E-state index contributed by atoms with van der Waals surface area (Å²) in [6.07, 6.45) is 0. The number of nitrogens with one attached hydrogen (secondary N) is 1. The second kappa shape index (κ2) is 6.99. The van der Waals surface area contributed by atoms with E-state index in [0.29, 0.717) is 18.9 Å². The van der Waals surface area contributed by atoms with Crippen molar-refractivity contribution in [2.45, 2.75) is 12.3 Å². The van der Waals surface area contributed by atoms with E-state index in [1.807, 2.05) is 18.2 Å². The number of urea groups is 1. The van der Waals surface area contributed by atoms with Crippen LogP contribution in [0.4, 0.5) is 4.79 Å². The van der Waals surface area contributed by atoms with Gasteiger partial charge in [-0.3, -0.25) is 4.79 Å². The molecule has 2 aliphatic rings. The van der Waals surface area contributed by atoms with Crippen LogP contribution in [0.3, 0.4) is 0 Å². The van der Waals surface area contributed by atoms with Crippen molar-refractivity contribution in [3.8, 4) is 11.5 Å². The average Bonchev–Trinajstić information content (AvgIpc) is 3.20. The SMILES string of the molecule is CCOC(=O)CNC(=O)N1CCSC1c1ccc2c(c1)OCO2. The van der Waals surface area contributed by atoms with E-state index in [1.165, 1.54) is 0 Å². The van der Waals surface area contributed by atoms with Gasteiger partial charge in [0.05, 0.1) is 6.61 Å². The van der Waals surface area contributed by atoms with Gasteiger partial charge in [0.2, 0.25) is 6.79 Å². The minimum atomic E-state index is -0.438. The summed E-state index contributed by atoms with van der Waals surface area (Å²) in [5.74, 6) is 1.82. The summed E-state index contributed by atoms with van der Waals surface area (Å²) >= 11 is 1.67. The number of hydrogen-bond acceptors (Lipinski definition) is 6. The fourth-order valence-corrected chi connectivity index (χ4v) is 3.73. The van der Waals surface area contributed by atoms with E-state index in [-0.39, 0.29) is 24.7 Å². The first-order valence-electron chi connectivity index (χ1n) is 7.40. The number of carbonyl (C=O) groups is 2. The summed E-state index contributed by atoms with van der Waals surface area (Å²) in [5.41, 5.74) is 0.975. The van der Waals surface area contributed by atoms with Crippen LogP contribution in [0.2, 0.25) is 0 Å². The van der Waals surface area contributed by atoms with Crippen LogP contribution in [0, 0.1) is 0 Å². The van der Waals surface area contributed by atoms with Crippen LogP contribution in [-0.2, 0) is 9.53 Å². The Morgan fingerprint density at radius 3 is 3.04 bits per heavy atom. The van der Waals surface area contributed by atoms with E-state index in [4.69, 9.17) is 14.2 Å². The maximum Gasteiger partial charge on any atom is 0.325 e. The summed E-state index contributed by atoms with van der Waals surface area (Å²) in [6, 6.07) is 5.41. The zero-order valence-corrected chi connectivity index (χ0v) is 13.6. The van der Waals surface area contributed by atoms with Gasteiger partial charge in [-0.15, -0.1) is 11.8 Å². The molecule has 0 spiro atoms. The van der Waals surface area contributed by atoms with Crippen molar-refractivity contribution < 1.29 is 23.8 Å². The number of thioether (sulfide) groups is 1. The van der Waals surface area contributed by atoms with Crippen LogP contribution in [-0.4, -0.2) is 49.1 Å². The van der Waals surface area contributed by atoms with Crippen LogP contribution < -0.4 is 14.8 Å². The second-order valence-electron chi connectivity index (χ2n) is 4.99. The molecule has 0 radical (unpaired) electrons. The normalized spacial score (nSPS) is 18.8. The Labute approximate surface area is 138 Å². The largest absolute Gasteiger partial charge is 0.465 e. The lowest BCUT2D eigenvalue weighted by Crippen LogP contribution is -2.41. The van der Waals surface area contributed by atoms with Gasteiger partial charge in [0.1, 0.15) is 11.9 Å². The number of fused-ring (bicyclic) bond motifs is 1. The van der Waals surface area contributed by atoms with Gasteiger partial charge in [0, 0.05) is 12.3 Å². The molecule has 1 saturated heterocycles. The number of rotatable bonds is 4. The van der Waals surface area contributed by atoms with E-state index in [9.17, 15) is 9.59 Å². The Bertz CT molecular complexity index is 610. The summed E-state index contributed by atoms with van der Waals surface area (Å²) in [7, 11) is 0. The predicted molar refractivity (Wildman–Crippen MR) is 84.5 cm³/mol. The molecule has 1 fully saturated rings. The van der Waals surface area contributed by atoms with Crippen molar-refractivity contribution in [3.63, 3.8) is 0 Å². The average molecular weight is 338 g/mol. The molecule has 1 aromatic carbocycles. The highest BCUT2D eigenvalue weighted by Gasteiger charge is 2.32. The Kier molecular flexibility index (Phi) is 4.80. The Morgan fingerprint density at radius 1 is 1.39 bits per heavy atom. The van der Waals surface area contributed by atoms with E-state index in [0.717, 1.165) is 17.1 Å². The molecule has 2 aliphatic heterocycles. The monoisotopic (exact) mass is 338 g/mol. The summed E-state index contributed by atoms with van der Waals surface area (Å²) in [5, 5.41) is 2.50. The van der Waals surface area contributed by atoms with Crippen LogP contribution >= 0.6 is 11.8 Å². The van der Waals surface area contributed by atoms with E-state index in [1.54, 1.807) is 23.6 Å².